The Labute approximate surface area is 196 Å². The van der Waals surface area contributed by atoms with Crippen molar-refractivity contribution in [2.24, 2.45) is 10.8 Å². The number of hydrogen-bond donors (Lipinski definition) is 2. The zero-order chi connectivity index (χ0) is 23.1. The summed E-state index contributed by atoms with van der Waals surface area (Å²) in [5.41, 5.74) is -0.0490. The Kier molecular flexibility index (Phi) is 11.2. The normalized spacial score (nSPS) is 32.1. The molecule has 0 aromatic heterocycles. The zero-order valence-electron chi connectivity index (χ0n) is 20.4. The van der Waals surface area contributed by atoms with Crippen molar-refractivity contribution in [3.05, 3.63) is 0 Å². The minimum absolute atomic E-state index is 0.0245. The van der Waals surface area contributed by atoms with Crippen LogP contribution in [0.4, 0.5) is 0 Å². The molecule has 0 spiro atoms. The van der Waals surface area contributed by atoms with Crippen LogP contribution in [0.25, 0.3) is 0 Å². The first-order valence-corrected chi connectivity index (χ1v) is 15.1. The van der Waals surface area contributed by atoms with E-state index in [2.05, 4.69) is 27.7 Å². The maximum Gasteiger partial charge on any atom is 0.0482 e. The molecule has 2 aliphatic heterocycles. The number of aliphatic hydroxyl groups is 2. The highest BCUT2D eigenvalue weighted by Gasteiger charge is 2.35. The Morgan fingerprint density at radius 2 is 0.903 bits per heavy atom. The van der Waals surface area contributed by atoms with E-state index in [0.717, 1.165) is 83.5 Å². The van der Waals surface area contributed by atoms with Crippen molar-refractivity contribution in [1.29, 1.82) is 0 Å². The fraction of sp³-hybridized carbons (Fsp3) is 1.00. The van der Waals surface area contributed by atoms with Gasteiger partial charge < -0.3 is 10.2 Å². The summed E-state index contributed by atoms with van der Waals surface area (Å²) in [7, 11) is -1.44. The van der Waals surface area contributed by atoms with Crippen molar-refractivity contribution >= 4 is 21.6 Å². The zero-order valence-corrected chi connectivity index (χ0v) is 22.1. The molecule has 2 fully saturated rings. The molecule has 0 aromatic carbocycles. The molecule has 4 nitrogen and oxygen atoms in total. The van der Waals surface area contributed by atoms with E-state index in [0.29, 0.717) is 21.0 Å². The van der Waals surface area contributed by atoms with Crippen molar-refractivity contribution in [2.75, 3.05) is 13.2 Å². The van der Waals surface area contributed by atoms with Crippen LogP contribution in [0, 0.1) is 10.8 Å². The van der Waals surface area contributed by atoms with Crippen LogP contribution >= 0.6 is 0 Å². The lowest BCUT2D eigenvalue weighted by molar-refractivity contribution is 0.147. The molecule has 6 unspecified atom stereocenters. The summed E-state index contributed by atoms with van der Waals surface area (Å²) < 4.78 is 25.8. The van der Waals surface area contributed by atoms with Crippen LogP contribution < -0.4 is 0 Å². The van der Waals surface area contributed by atoms with Crippen LogP contribution in [0.3, 0.4) is 0 Å². The van der Waals surface area contributed by atoms with Gasteiger partial charge in [-0.05, 0) is 75.0 Å². The second kappa shape index (κ2) is 12.6. The first-order chi connectivity index (χ1) is 14.6. The van der Waals surface area contributed by atoms with Crippen molar-refractivity contribution < 1.29 is 18.6 Å². The van der Waals surface area contributed by atoms with Crippen LogP contribution in [0.5, 0.6) is 0 Å². The van der Waals surface area contributed by atoms with E-state index in [9.17, 15) is 18.6 Å². The molecule has 0 amide bonds. The quantitative estimate of drug-likeness (QED) is 0.366. The Hall–Kier alpha value is 0.220. The van der Waals surface area contributed by atoms with Crippen LogP contribution in [-0.4, -0.2) is 52.8 Å². The molecule has 31 heavy (non-hydrogen) atoms. The van der Waals surface area contributed by atoms with E-state index in [1.54, 1.807) is 0 Å². The first kappa shape index (κ1) is 27.5. The van der Waals surface area contributed by atoms with Gasteiger partial charge in [-0.25, -0.2) is 0 Å². The highest BCUT2D eigenvalue weighted by Crippen LogP contribution is 2.35. The molecule has 0 saturated carbocycles. The third-order valence-electron chi connectivity index (χ3n) is 7.60. The Bertz CT molecular complexity index is 540. The molecule has 0 aliphatic carbocycles. The summed E-state index contributed by atoms with van der Waals surface area (Å²) in [6.45, 7) is 8.80. The lowest BCUT2D eigenvalue weighted by atomic mass is 9.88. The van der Waals surface area contributed by atoms with Gasteiger partial charge in [0.05, 0.1) is 0 Å². The van der Waals surface area contributed by atoms with Gasteiger partial charge in [-0.2, -0.15) is 0 Å². The molecule has 6 atom stereocenters. The second-order valence-corrected chi connectivity index (χ2v) is 15.6. The van der Waals surface area contributed by atoms with Gasteiger partial charge >= 0.3 is 0 Å². The Balaban J connectivity index is 1.64. The molecule has 2 N–H and O–H groups in total. The fourth-order valence-corrected chi connectivity index (χ4v) is 9.30. The van der Waals surface area contributed by atoms with Gasteiger partial charge in [0.1, 0.15) is 0 Å². The van der Waals surface area contributed by atoms with E-state index in [1.807, 2.05) is 0 Å². The van der Waals surface area contributed by atoms with Crippen LogP contribution in [0.1, 0.15) is 111 Å². The molecular weight excluding hydrogens is 428 g/mol. The summed E-state index contributed by atoms with van der Waals surface area (Å²) in [6.07, 6.45) is 13.6. The molecule has 2 saturated heterocycles. The predicted octanol–water partition coefficient (Wildman–Crippen LogP) is 5.09. The van der Waals surface area contributed by atoms with Crippen LogP contribution in [0.2, 0.25) is 0 Å². The third kappa shape index (κ3) is 8.83. The summed E-state index contributed by atoms with van der Waals surface area (Å²) in [5, 5.41) is 20.1. The minimum Gasteiger partial charge on any atom is -0.396 e. The predicted molar refractivity (Wildman–Crippen MR) is 133 cm³/mol. The maximum atomic E-state index is 12.9. The van der Waals surface area contributed by atoms with Gasteiger partial charge in [-0.1, -0.05) is 47.0 Å². The minimum atomic E-state index is -0.720. The molecule has 2 rings (SSSR count). The molecule has 0 bridgehead atoms. The lowest BCUT2D eigenvalue weighted by Gasteiger charge is -2.22. The third-order valence-corrected chi connectivity index (χ3v) is 12.1. The monoisotopic (exact) mass is 476 g/mol. The molecule has 0 aromatic rings. The standard InChI is InChI=1S/C25H48O4S2/c1-24(2,18-26)16-6-10-22-14-12-20(30(22)28)8-5-9-21-13-15-23(31(21)29)11-7-17-25(3,4)19-27/h20-23,26-27H,5-19H2,1-4H3. The van der Waals surface area contributed by atoms with Gasteiger partial charge in [-0.15, -0.1) is 0 Å². The van der Waals surface area contributed by atoms with Crippen LogP contribution in [0.15, 0.2) is 0 Å². The fourth-order valence-electron chi connectivity index (χ4n) is 5.14. The smallest absolute Gasteiger partial charge is 0.0482 e. The van der Waals surface area contributed by atoms with E-state index in [1.165, 1.54) is 0 Å². The average Bonchev–Trinajstić information content (AvgIpc) is 3.25. The van der Waals surface area contributed by atoms with E-state index >= 15 is 0 Å². The SMILES string of the molecule is CC(C)(CO)CCCC1CCC(CCCC2CCC(CCCC(C)(C)CO)S2=O)S1=O. The van der Waals surface area contributed by atoms with Gasteiger partial charge in [-0.3, -0.25) is 8.42 Å². The molecule has 184 valence electrons. The lowest BCUT2D eigenvalue weighted by Crippen LogP contribution is -2.20. The van der Waals surface area contributed by atoms with Gasteiger partial charge in [0.15, 0.2) is 0 Å². The van der Waals surface area contributed by atoms with Crippen molar-refractivity contribution in [3.63, 3.8) is 0 Å². The number of aliphatic hydroxyl groups excluding tert-OH is 2. The largest absolute Gasteiger partial charge is 0.396 e. The van der Waals surface area contributed by atoms with E-state index < -0.39 is 21.6 Å². The molecule has 6 heteroatoms. The maximum absolute atomic E-state index is 12.9. The van der Waals surface area contributed by atoms with E-state index in [4.69, 9.17) is 0 Å². The topological polar surface area (TPSA) is 74.6 Å². The van der Waals surface area contributed by atoms with E-state index in [-0.39, 0.29) is 24.0 Å². The molecular formula is C25H48O4S2. The first-order valence-electron chi connectivity index (χ1n) is 12.6. The summed E-state index contributed by atoms with van der Waals surface area (Å²) >= 11 is 0. The summed E-state index contributed by atoms with van der Waals surface area (Å²) in [6, 6.07) is 0. The average molecular weight is 477 g/mol. The highest BCUT2D eigenvalue weighted by atomic mass is 32.2. The second-order valence-electron chi connectivity index (χ2n) is 11.7. The van der Waals surface area contributed by atoms with Gasteiger partial charge in [0.25, 0.3) is 0 Å². The summed E-state index contributed by atoms with van der Waals surface area (Å²) in [4.78, 5) is 0. The number of rotatable bonds is 14. The molecule has 2 aliphatic rings. The van der Waals surface area contributed by atoms with Crippen molar-refractivity contribution in [1.82, 2.24) is 0 Å². The van der Waals surface area contributed by atoms with Gasteiger partial charge in [0, 0.05) is 55.8 Å². The Morgan fingerprint density at radius 3 is 1.19 bits per heavy atom. The number of hydrogen-bond acceptors (Lipinski definition) is 4. The van der Waals surface area contributed by atoms with Crippen molar-refractivity contribution in [2.45, 2.75) is 132 Å². The van der Waals surface area contributed by atoms with Gasteiger partial charge in [0.2, 0.25) is 0 Å². The highest BCUT2D eigenvalue weighted by molar-refractivity contribution is 7.86. The molecule has 0 radical (unpaired) electrons. The van der Waals surface area contributed by atoms with Crippen molar-refractivity contribution in [3.8, 4) is 0 Å². The molecule has 2 heterocycles. The Morgan fingerprint density at radius 1 is 0.613 bits per heavy atom. The van der Waals surface area contributed by atoms with Crippen LogP contribution in [-0.2, 0) is 21.6 Å². The summed E-state index contributed by atoms with van der Waals surface area (Å²) in [5.74, 6) is 0.